The van der Waals surface area contributed by atoms with Crippen molar-refractivity contribution in [2.45, 2.75) is 19.8 Å². The fourth-order valence-electron chi connectivity index (χ4n) is 4.32. The molecule has 154 valence electrons. The summed E-state index contributed by atoms with van der Waals surface area (Å²) in [4.78, 5) is 28.2. The zero-order valence-corrected chi connectivity index (χ0v) is 17.3. The Balaban J connectivity index is 1.29. The molecule has 2 aliphatic heterocycles. The molecule has 0 N–H and O–H groups in total. The highest BCUT2D eigenvalue weighted by Gasteiger charge is 2.31. The predicted molar refractivity (Wildman–Crippen MR) is 113 cm³/mol. The van der Waals surface area contributed by atoms with Crippen LogP contribution in [-0.4, -0.2) is 67.2 Å². The smallest absolute Gasteiger partial charge is 0.225 e. The topological polar surface area (TPSA) is 61.8 Å². The number of hydrogen-bond donors (Lipinski definition) is 0. The Labute approximate surface area is 172 Å². The molecule has 0 aliphatic carbocycles. The van der Waals surface area contributed by atoms with E-state index in [1.165, 1.54) is 11.3 Å². The van der Waals surface area contributed by atoms with Gasteiger partial charge in [-0.1, -0.05) is 0 Å². The molecule has 7 nitrogen and oxygen atoms in total. The molecule has 0 atom stereocenters. The molecular weight excluding hydrogens is 366 g/mol. The largest absolute Gasteiger partial charge is 0.495 e. The van der Waals surface area contributed by atoms with Crippen LogP contribution in [0.1, 0.15) is 18.4 Å². The number of aryl methyl sites for hydroxylation is 1. The average Bonchev–Trinajstić information content (AvgIpc) is 2.79. The van der Waals surface area contributed by atoms with E-state index in [9.17, 15) is 4.79 Å². The van der Waals surface area contributed by atoms with Gasteiger partial charge in [-0.05, 0) is 31.4 Å². The summed E-state index contributed by atoms with van der Waals surface area (Å²) in [7, 11) is 1.65. The molecule has 2 aromatic heterocycles. The van der Waals surface area contributed by atoms with E-state index in [1.807, 2.05) is 29.6 Å². The molecule has 0 saturated carbocycles. The van der Waals surface area contributed by atoms with Gasteiger partial charge in [0.05, 0.1) is 25.2 Å². The molecule has 2 saturated heterocycles. The molecule has 4 rings (SSSR count). The van der Waals surface area contributed by atoms with Crippen LogP contribution in [0.15, 0.2) is 36.9 Å². The fourth-order valence-corrected chi connectivity index (χ4v) is 4.32. The summed E-state index contributed by atoms with van der Waals surface area (Å²) < 4.78 is 5.27. The van der Waals surface area contributed by atoms with E-state index in [2.05, 4.69) is 32.8 Å². The number of piperazine rings is 1. The van der Waals surface area contributed by atoms with Crippen LogP contribution in [0.25, 0.3) is 0 Å². The van der Waals surface area contributed by atoms with E-state index in [0.717, 1.165) is 63.5 Å². The first-order valence-electron chi connectivity index (χ1n) is 10.3. The Hall–Kier alpha value is -2.83. The number of carbonyl (C=O) groups is 1. The summed E-state index contributed by atoms with van der Waals surface area (Å²) in [5, 5.41) is 0. The molecule has 1 amide bonds. The number of ether oxygens (including phenoxy) is 1. The zero-order valence-electron chi connectivity index (χ0n) is 17.3. The number of anilines is 2. The highest BCUT2D eigenvalue weighted by atomic mass is 16.5. The third-order valence-electron chi connectivity index (χ3n) is 6.07. The molecule has 0 radical (unpaired) electrons. The molecule has 0 aromatic carbocycles. The molecule has 7 heteroatoms. The van der Waals surface area contributed by atoms with Crippen molar-refractivity contribution in [1.82, 2.24) is 14.9 Å². The number of aromatic nitrogens is 2. The molecule has 4 heterocycles. The summed E-state index contributed by atoms with van der Waals surface area (Å²) >= 11 is 0. The van der Waals surface area contributed by atoms with Gasteiger partial charge in [-0.2, -0.15) is 0 Å². The third-order valence-corrected chi connectivity index (χ3v) is 6.07. The van der Waals surface area contributed by atoms with E-state index in [0.29, 0.717) is 5.91 Å². The Morgan fingerprint density at radius 3 is 2.45 bits per heavy atom. The lowest BCUT2D eigenvalue weighted by Gasteiger charge is -2.39. The second kappa shape index (κ2) is 8.68. The average molecular weight is 396 g/mol. The number of carbonyl (C=O) groups excluding carboxylic acids is 1. The fraction of sp³-hybridized carbons (Fsp3) is 0.500. The Morgan fingerprint density at radius 1 is 1.00 bits per heavy atom. The van der Waals surface area contributed by atoms with Gasteiger partial charge in [0.25, 0.3) is 0 Å². The predicted octanol–water partition coefficient (Wildman–Crippen LogP) is 2.36. The Bertz CT molecular complexity index is 843. The summed E-state index contributed by atoms with van der Waals surface area (Å²) in [5.74, 6) is 1.22. The molecular formula is C22H29N5O2. The summed E-state index contributed by atoms with van der Waals surface area (Å²) in [6.45, 7) is 7.13. The van der Waals surface area contributed by atoms with Crippen LogP contribution in [-0.2, 0) is 4.79 Å². The van der Waals surface area contributed by atoms with Crippen molar-refractivity contribution in [3.8, 4) is 5.75 Å². The SMILES string of the molecule is COc1cncc(N2CCN(C(=O)C3CCN(c4ccncc4C)CC3)CC2)c1. The summed E-state index contributed by atoms with van der Waals surface area (Å²) in [6.07, 6.45) is 9.15. The van der Waals surface area contributed by atoms with E-state index in [4.69, 9.17) is 4.74 Å². The maximum atomic E-state index is 13.1. The number of piperidine rings is 1. The van der Waals surface area contributed by atoms with Gasteiger partial charge in [-0.15, -0.1) is 0 Å². The number of hydrogen-bond acceptors (Lipinski definition) is 6. The molecule has 0 unspecified atom stereocenters. The van der Waals surface area contributed by atoms with Gasteiger partial charge >= 0.3 is 0 Å². The van der Waals surface area contributed by atoms with Crippen LogP contribution in [0, 0.1) is 12.8 Å². The van der Waals surface area contributed by atoms with Gasteiger partial charge in [-0.3, -0.25) is 14.8 Å². The van der Waals surface area contributed by atoms with Crippen molar-refractivity contribution in [3.63, 3.8) is 0 Å². The molecule has 2 aliphatic rings. The number of rotatable bonds is 4. The van der Waals surface area contributed by atoms with Gasteiger partial charge in [0, 0.05) is 69.3 Å². The monoisotopic (exact) mass is 395 g/mol. The van der Waals surface area contributed by atoms with Gasteiger partial charge in [0.2, 0.25) is 5.91 Å². The first-order valence-corrected chi connectivity index (χ1v) is 10.3. The number of amides is 1. The van der Waals surface area contributed by atoms with E-state index in [-0.39, 0.29) is 5.92 Å². The number of methoxy groups -OCH3 is 1. The van der Waals surface area contributed by atoms with Crippen LogP contribution in [0.5, 0.6) is 5.75 Å². The Kier molecular flexibility index (Phi) is 5.83. The van der Waals surface area contributed by atoms with Crippen molar-refractivity contribution in [2.75, 3.05) is 56.2 Å². The minimum atomic E-state index is 0.137. The van der Waals surface area contributed by atoms with Gasteiger partial charge in [0.1, 0.15) is 5.75 Å². The highest BCUT2D eigenvalue weighted by molar-refractivity contribution is 5.79. The third kappa shape index (κ3) is 4.28. The van der Waals surface area contributed by atoms with Crippen LogP contribution < -0.4 is 14.5 Å². The van der Waals surface area contributed by atoms with Gasteiger partial charge in [0.15, 0.2) is 0 Å². The maximum Gasteiger partial charge on any atom is 0.225 e. The van der Waals surface area contributed by atoms with Crippen molar-refractivity contribution in [1.29, 1.82) is 0 Å². The van der Waals surface area contributed by atoms with Crippen LogP contribution in [0.4, 0.5) is 11.4 Å². The quantitative estimate of drug-likeness (QED) is 0.792. The molecule has 2 fully saturated rings. The van der Waals surface area contributed by atoms with E-state index < -0.39 is 0 Å². The highest BCUT2D eigenvalue weighted by Crippen LogP contribution is 2.27. The molecule has 2 aromatic rings. The minimum Gasteiger partial charge on any atom is -0.495 e. The lowest BCUT2D eigenvalue weighted by molar-refractivity contribution is -0.136. The van der Waals surface area contributed by atoms with Crippen LogP contribution in [0.3, 0.4) is 0 Å². The van der Waals surface area contributed by atoms with Crippen LogP contribution in [0.2, 0.25) is 0 Å². The molecule has 0 bridgehead atoms. The minimum absolute atomic E-state index is 0.137. The first kappa shape index (κ1) is 19.5. The standard InChI is InChI=1S/C22H29N5O2/c1-17-14-23-6-3-21(17)26-7-4-18(5-8-26)22(28)27-11-9-25(10-12-27)19-13-20(29-2)16-24-15-19/h3,6,13-16,18H,4-5,7-12H2,1-2H3. The van der Waals surface area contributed by atoms with Crippen LogP contribution >= 0.6 is 0 Å². The second-order valence-electron chi connectivity index (χ2n) is 7.82. The Morgan fingerprint density at radius 2 is 1.76 bits per heavy atom. The van der Waals surface area contributed by atoms with Gasteiger partial charge in [-0.25, -0.2) is 0 Å². The summed E-state index contributed by atoms with van der Waals surface area (Å²) in [5.41, 5.74) is 3.49. The van der Waals surface area contributed by atoms with Gasteiger partial charge < -0.3 is 19.4 Å². The zero-order chi connectivity index (χ0) is 20.2. The number of nitrogens with zero attached hydrogens (tertiary/aromatic N) is 5. The normalized spacial score (nSPS) is 18.1. The van der Waals surface area contributed by atoms with Crippen molar-refractivity contribution < 1.29 is 9.53 Å². The molecule has 29 heavy (non-hydrogen) atoms. The second-order valence-corrected chi connectivity index (χ2v) is 7.82. The maximum absolute atomic E-state index is 13.1. The first-order chi connectivity index (χ1) is 14.2. The van der Waals surface area contributed by atoms with Crippen molar-refractivity contribution in [3.05, 3.63) is 42.5 Å². The van der Waals surface area contributed by atoms with E-state index in [1.54, 1.807) is 13.3 Å². The number of pyridine rings is 2. The van der Waals surface area contributed by atoms with E-state index >= 15 is 0 Å². The molecule has 0 spiro atoms. The lowest BCUT2D eigenvalue weighted by atomic mass is 9.94. The lowest BCUT2D eigenvalue weighted by Crippen LogP contribution is -2.51. The van der Waals surface area contributed by atoms with Crippen molar-refractivity contribution >= 4 is 17.3 Å². The summed E-state index contributed by atoms with van der Waals surface area (Å²) in [6, 6.07) is 4.07. The van der Waals surface area contributed by atoms with Crippen molar-refractivity contribution in [2.24, 2.45) is 5.92 Å².